The molecule has 0 unspecified atom stereocenters. The van der Waals surface area contributed by atoms with Gasteiger partial charge in [0.05, 0.1) is 5.69 Å². The molecule has 1 fully saturated rings. The van der Waals surface area contributed by atoms with Crippen molar-refractivity contribution in [3.05, 3.63) is 66.2 Å². The molecule has 1 aliphatic rings. The Kier molecular flexibility index (Phi) is 4.82. The Morgan fingerprint density at radius 2 is 1.62 bits per heavy atom. The molecule has 0 atom stereocenters. The number of aromatic nitrogens is 2. The molecular formula is C22H24N4. The second-order valence-electron chi connectivity index (χ2n) is 6.89. The Morgan fingerprint density at radius 1 is 0.885 bits per heavy atom. The van der Waals surface area contributed by atoms with Crippen LogP contribution in [0.1, 0.15) is 31.2 Å². The Morgan fingerprint density at radius 3 is 2.38 bits per heavy atom. The van der Waals surface area contributed by atoms with Crippen LogP contribution in [0.5, 0.6) is 0 Å². The summed E-state index contributed by atoms with van der Waals surface area (Å²) in [5.74, 6) is 1.52. The molecule has 4 nitrogen and oxygen atoms in total. The van der Waals surface area contributed by atoms with E-state index in [-0.39, 0.29) is 0 Å². The highest BCUT2D eigenvalue weighted by Crippen LogP contribution is 2.27. The average molecular weight is 344 g/mol. The van der Waals surface area contributed by atoms with Crippen molar-refractivity contribution in [3.8, 4) is 11.3 Å². The van der Waals surface area contributed by atoms with Gasteiger partial charge in [0.2, 0.25) is 5.95 Å². The SMILES string of the molecule is Cc1ccccc1Nc1cc(-c2ccccc2)nc(NC2CCCC2)n1. The maximum absolute atomic E-state index is 4.77. The van der Waals surface area contributed by atoms with Gasteiger partial charge in [-0.1, -0.05) is 61.4 Å². The molecule has 0 radical (unpaired) electrons. The summed E-state index contributed by atoms with van der Waals surface area (Å²) in [6.45, 7) is 2.10. The zero-order valence-corrected chi connectivity index (χ0v) is 15.1. The quantitative estimate of drug-likeness (QED) is 0.637. The lowest BCUT2D eigenvalue weighted by Gasteiger charge is -2.15. The van der Waals surface area contributed by atoms with E-state index in [2.05, 4.69) is 41.8 Å². The standard InChI is InChI=1S/C22H24N4/c1-16-9-5-8-14-19(16)24-21-15-20(17-10-3-2-4-11-17)25-22(26-21)23-18-12-6-7-13-18/h2-5,8-11,14-15,18H,6-7,12-13H2,1H3,(H2,23,24,25,26). The normalized spacial score (nSPS) is 14.3. The minimum absolute atomic E-state index is 0.479. The summed E-state index contributed by atoms with van der Waals surface area (Å²) in [5, 5.41) is 6.99. The highest BCUT2D eigenvalue weighted by atomic mass is 15.2. The maximum Gasteiger partial charge on any atom is 0.225 e. The summed E-state index contributed by atoms with van der Waals surface area (Å²) in [4.78, 5) is 9.49. The molecule has 4 rings (SSSR count). The first-order valence-corrected chi connectivity index (χ1v) is 9.31. The summed E-state index contributed by atoms with van der Waals surface area (Å²) < 4.78 is 0. The van der Waals surface area contributed by atoms with Crippen molar-refractivity contribution in [1.29, 1.82) is 0 Å². The van der Waals surface area contributed by atoms with Gasteiger partial charge in [-0.3, -0.25) is 0 Å². The fourth-order valence-corrected chi connectivity index (χ4v) is 3.44. The first kappa shape index (κ1) is 16.6. The second-order valence-corrected chi connectivity index (χ2v) is 6.89. The van der Waals surface area contributed by atoms with Crippen molar-refractivity contribution in [2.45, 2.75) is 38.6 Å². The van der Waals surface area contributed by atoms with Crippen LogP contribution in [0.4, 0.5) is 17.5 Å². The molecule has 0 spiro atoms. The zero-order valence-electron chi connectivity index (χ0n) is 15.1. The topological polar surface area (TPSA) is 49.8 Å². The van der Waals surface area contributed by atoms with Gasteiger partial charge in [-0.05, 0) is 31.4 Å². The highest BCUT2D eigenvalue weighted by molar-refractivity contribution is 5.68. The number of aryl methyl sites for hydroxylation is 1. The molecule has 1 aliphatic carbocycles. The number of rotatable bonds is 5. The molecule has 3 aromatic rings. The average Bonchev–Trinajstić information content (AvgIpc) is 3.17. The molecule has 1 saturated carbocycles. The lowest BCUT2D eigenvalue weighted by molar-refractivity contribution is 0.744. The Labute approximate surface area is 154 Å². The van der Waals surface area contributed by atoms with Crippen LogP contribution in [0.25, 0.3) is 11.3 Å². The van der Waals surface area contributed by atoms with Crippen molar-refractivity contribution < 1.29 is 0 Å². The molecule has 0 saturated heterocycles. The third-order valence-corrected chi connectivity index (χ3v) is 4.89. The lowest BCUT2D eigenvalue weighted by Crippen LogP contribution is -2.17. The summed E-state index contributed by atoms with van der Waals surface area (Å²) in [5.41, 5.74) is 4.28. The van der Waals surface area contributed by atoms with E-state index in [9.17, 15) is 0 Å². The van der Waals surface area contributed by atoms with E-state index in [4.69, 9.17) is 9.97 Å². The van der Waals surface area contributed by atoms with Gasteiger partial charge >= 0.3 is 0 Å². The first-order chi connectivity index (χ1) is 12.8. The molecule has 1 heterocycles. The maximum atomic E-state index is 4.77. The van der Waals surface area contributed by atoms with Crippen LogP contribution in [0.15, 0.2) is 60.7 Å². The smallest absolute Gasteiger partial charge is 0.225 e. The molecule has 2 aromatic carbocycles. The number of para-hydroxylation sites is 1. The van der Waals surface area contributed by atoms with Gasteiger partial charge in [0, 0.05) is 23.4 Å². The summed E-state index contributed by atoms with van der Waals surface area (Å²) in [6, 6.07) is 21.0. The number of hydrogen-bond acceptors (Lipinski definition) is 4. The number of nitrogens with zero attached hydrogens (tertiary/aromatic N) is 2. The molecular weight excluding hydrogens is 320 g/mol. The van der Waals surface area contributed by atoms with E-state index in [0.29, 0.717) is 12.0 Å². The van der Waals surface area contributed by atoms with Gasteiger partial charge < -0.3 is 10.6 Å². The van der Waals surface area contributed by atoms with Crippen LogP contribution in [-0.4, -0.2) is 16.0 Å². The van der Waals surface area contributed by atoms with E-state index in [1.54, 1.807) is 0 Å². The van der Waals surface area contributed by atoms with Gasteiger partial charge in [-0.15, -0.1) is 0 Å². The van der Waals surface area contributed by atoms with Crippen LogP contribution in [-0.2, 0) is 0 Å². The molecule has 0 aliphatic heterocycles. The Bertz CT molecular complexity index is 870. The molecule has 2 N–H and O–H groups in total. The zero-order chi connectivity index (χ0) is 17.8. The molecule has 4 heteroatoms. The molecule has 0 amide bonds. The van der Waals surface area contributed by atoms with Gasteiger partial charge in [0.25, 0.3) is 0 Å². The van der Waals surface area contributed by atoms with Gasteiger partial charge in [0.1, 0.15) is 5.82 Å². The van der Waals surface area contributed by atoms with E-state index in [0.717, 1.165) is 22.8 Å². The van der Waals surface area contributed by atoms with Gasteiger partial charge in [-0.25, -0.2) is 4.98 Å². The monoisotopic (exact) mass is 344 g/mol. The van der Waals surface area contributed by atoms with Crippen molar-refractivity contribution in [1.82, 2.24) is 9.97 Å². The second kappa shape index (κ2) is 7.56. The summed E-state index contributed by atoms with van der Waals surface area (Å²) in [7, 11) is 0. The Hall–Kier alpha value is -2.88. The highest BCUT2D eigenvalue weighted by Gasteiger charge is 2.17. The lowest BCUT2D eigenvalue weighted by atomic mass is 10.1. The predicted octanol–water partition coefficient (Wildman–Crippen LogP) is 5.55. The van der Waals surface area contributed by atoms with Crippen molar-refractivity contribution in [2.24, 2.45) is 0 Å². The van der Waals surface area contributed by atoms with Crippen LogP contribution in [0.2, 0.25) is 0 Å². The molecule has 26 heavy (non-hydrogen) atoms. The third kappa shape index (κ3) is 3.85. The predicted molar refractivity (Wildman–Crippen MR) is 108 cm³/mol. The molecule has 0 bridgehead atoms. The van der Waals surface area contributed by atoms with Crippen molar-refractivity contribution in [2.75, 3.05) is 10.6 Å². The first-order valence-electron chi connectivity index (χ1n) is 9.31. The van der Waals surface area contributed by atoms with Crippen LogP contribution >= 0.6 is 0 Å². The fourth-order valence-electron chi connectivity index (χ4n) is 3.44. The number of benzene rings is 2. The van der Waals surface area contributed by atoms with Gasteiger partial charge in [0.15, 0.2) is 0 Å². The van der Waals surface area contributed by atoms with Crippen molar-refractivity contribution in [3.63, 3.8) is 0 Å². The van der Waals surface area contributed by atoms with Crippen LogP contribution < -0.4 is 10.6 Å². The number of hydrogen-bond donors (Lipinski definition) is 2. The molecule has 132 valence electrons. The van der Waals surface area contributed by atoms with E-state index >= 15 is 0 Å². The third-order valence-electron chi connectivity index (χ3n) is 4.89. The van der Waals surface area contributed by atoms with Crippen LogP contribution in [0.3, 0.4) is 0 Å². The van der Waals surface area contributed by atoms with Gasteiger partial charge in [-0.2, -0.15) is 4.98 Å². The minimum Gasteiger partial charge on any atom is -0.351 e. The Balaban J connectivity index is 1.68. The van der Waals surface area contributed by atoms with Crippen LogP contribution in [0, 0.1) is 6.92 Å². The largest absolute Gasteiger partial charge is 0.351 e. The van der Waals surface area contributed by atoms with E-state index < -0.39 is 0 Å². The van der Waals surface area contributed by atoms with E-state index in [1.807, 2.05) is 36.4 Å². The molecule has 1 aromatic heterocycles. The summed E-state index contributed by atoms with van der Waals surface area (Å²) >= 11 is 0. The minimum atomic E-state index is 0.479. The van der Waals surface area contributed by atoms with E-state index in [1.165, 1.54) is 31.2 Å². The fraction of sp³-hybridized carbons (Fsp3) is 0.273. The van der Waals surface area contributed by atoms with Crippen molar-refractivity contribution >= 4 is 17.5 Å². The number of nitrogens with one attached hydrogen (secondary N) is 2. The summed E-state index contributed by atoms with van der Waals surface area (Å²) in [6.07, 6.45) is 4.95. The number of anilines is 3.